The van der Waals surface area contributed by atoms with Crippen molar-refractivity contribution in [3.8, 4) is 0 Å². The molecule has 0 bridgehead atoms. The second kappa shape index (κ2) is 4.44. The van der Waals surface area contributed by atoms with Crippen LogP contribution in [0.2, 0.25) is 0 Å². The first-order chi connectivity index (χ1) is 6.74. The molecule has 0 aromatic rings. The number of nitrogens with zero attached hydrogens (tertiary/aromatic N) is 1. The smallest absolute Gasteiger partial charge is 0.00458 e. The maximum Gasteiger partial charge on any atom is 0.00458 e. The standard InChI is InChI=1S/C12H23NS/c1-11-3-2-7-13(8-4-11)9-12(10-14)5-6-12/h11,14H,2-10H2,1H3. The fourth-order valence-electron chi connectivity index (χ4n) is 2.50. The zero-order valence-electron chi connectivity index (χ0n) is 9.34. The van der Waals surface area contributed by atoms with E-state index >= 15 is 0 Å². The second-order valence-electron chi connectivity index (χ2n) is 5.47. The van der Waals surface area contributed by atoms with Gasteiger partial charge in [0.25, 0.3) is 0 Å². The Balaban J connectivity index is 1.80. The van der Waals surface area contributed by atoms with E-state index in [1.54, 1.807) is 0 Å². The van der Waals surface area contributed by atoms with Gasteiger partial charge >= 0.3 is 0 Å². The molecule has 0 aromatic heterocycles. The predicted molar refractivity (Wildman–Crippen MR) is 65.0 cm³/mol. The third-order valence-electron chi connectivity index (χ3n) is 3.96. The second-order valence-corrected chi connectivity index (χ2v) is 5.79. The first-order valence-corrected chi connectivity index (χ1v) is 6.71. The molecule has 1 atom stereocenters. The molecule has 1 unspecified atom stereocenters. The lowest BCUT2D eigenvalue weighted by atomic mass is 10.0. The van der Waals surface area contributed by atoms with Crippen LogP contribution >= 0.6 is 12.6 Å². The average Bonchev–Trinajstić information content (AvgIpc) is 2.95. The van der Waals surface area contributed by atoms with Crippen LogP contribution in [0.25, 0.3) is 0 Å². The van der Waals surface area contributed by atoms with Gasteiger partial charge in [-0.1, -0.05) is 6.92 Å². The van der Waals surface area contributed by atoms with Crippen molar-refractivity contribution < 1.29 is 0 Å². The van der Waals surface area contributed by atoms with Crippen LogP contribution in [0.5, 0.6) is 0 Å². The molecule has 14 heavy (non-hydrogen) atoms. The lowest BCUT2D eigenvalue weighted by Gasteiger charge is -2.25. The lowest BCUT2D eigenvalue weighted by molar-refractivity contribution is 0.236. The van der Waals surface area contributed by atoms with E-state index in [-0.39, 0.29) is 0 Å². The molecule has 1 saturated heterocycles. The van der Waals surface area contributed by atoms with E-state index in [9.17, 15) is 0 Å². The van der Waals surface area contributed by atoms with Gasteiger partial charge < -0.3 is 4.90 Å². The van der Waals surface area contributed by atoms with Gasteiger partial charge in [0.2, 0.25) is 0 Å². The average molecular weight is 213 g/mol. The van der Waals surface area contributed by atoms with Gasteiger partial charge in [-0.25, -0.2) is 0 Å². The zero-order valence-corrected chi connectivity index (χ0v) is 10.2. The van der Waals surface area contributed by atoms with Gasteiger partial charge in [-0.2, -0.15) is 12.6 Å². The fraction of sp³-hybridized carbons (Fsp3) is 1.00. The molecule has 0 spiro atoms. The third-order valence-corrected chi connectivity index (χ3v) is 4.63. The molecule has 1 aliphatic heterocycles. The minimum absolute atomic E-state index is 0.622. The lowest BCUT2D eigenvalue weighted by Crippen LogP contribution is -2.32. The van der Waals surface area contributed by atoms with Crippen LogP contribution in [0, 0.1) is 11.3 Å². The predicted octanol–water partition coefficient (Wildman–Crippen LogP) is 2.82. The summed E-state index contributed by atoms with van der Waals surface area (Å²) in [4.78, 5) is 2.69. The van der Waals surface area contributed by atoms with Crippen LogP contribution in [-0.2, 0) is 0 Å². The molecule has 2 fully saturated rings. The number of likely N-dealkylation sites (tertiary alicyclic amines) is 1. The molecular weight excluding hydrogens is 190 g/mol. The summed E-state index contributed by atoms with van der Waals surface area (Å²) in [6.45, 7) is 6.38. The van der Waals surface area contributed by atoms with E-state index in [4.69, 9.17) is 0 Å². The molecule has 2 aliphatic rings. The molecule has 1 heterocycles. The number of rotatable bonds is 3. The van der Waals surface area contributed by atoms with Gasteiger partial charge in [0, 0.05) is 6.54 Å². The number of hydrogen-bond donors (Lipinski definition) is 1. The monoisotopic (exact) mass is 213 g/mol. The zero-order chi connectivity index (χ0) is 10.0. The quantitative estimate of drug-likeness (QED) is 0.706. The van der Waals surface area contributed by atoms with Crippen LogP contribution in [0.15, 0.2) is 0 Å². The van der Waals surface area contributed by atoms with Crippen molar-refractivity contribution in [3.05, 3.63) is 0 Å². The van der Waals surface area contributed by atoms with Gasteiger partial charge in [0.15, 0.2) is 0 Å². The molecule has 0 amide bonds. The van der Waals surface area contributed by atoms with Crippen LogP contribution < -0.4 is 0 Å². The first kappa shape index (κ1) is 10.8. The van der Waals surface area contributed by atoms with Gasteiger partial charge in [0.05, 0.1) is 0 Å². The molecule has 1 aliphatic carbocycles. The largest absolute Gasteiger partial charge is 0.303 e. The Kier molecular flexibility index (Phi) is 3.43. The topological polar surface area (TPSA) is 3.24 Å². The normalized spacial score (nSPS) is 32.6. The van der Waals surface area contributed by atoms with Gasteiger partial charge in [-0.15, -0.1) is 0 Å². The summed E-state index contributed by atoms with van der Waals surface area (Å²) in [6, 6.07) is 0. The summed E-state index contributed by atoms with van der Waals surface area (Å²) >= 11 is 4.48. The summed E-state index contributed by atoms with van der Waals surface area (Å²) in [5, 5.41) is 0. The highest BCUT2D eigenvalue weighted by molar-refractivity contribution is 7.80. The maximum absolute atomic E-state index is 4.48. The van der Waals surface area contributed by atoms with Crippen molar-refractivity contribution in [2.45, 2.75) is 39.0 Å². The van der Waals surface area contributed by atoms with E-state index < -0.39 is 0 Å². The van der Waals surface area contributed by atoms with Crippen LogP contribution in [0.4, 0.5) is 0 Å². The van der Waals surface area contributed by atoms with Crippen molar-refractivity contribution in [3.63, 3.8) is 0 Å². The minimum atomic E-state index is 0.622. The van der Waals surface area contributed by atoms with Crippen molar-refractivity contribution in [2.75, 3.05) is 25.4 Å². The molecule has 2 rings (SSSR count). The Labute approximate surface area is 93.7 Å². The first-order valence-electron chi connectivity index (χ1n) is 6.07. The van der Waals surface area contributed by atoms with Crippen molar-refractivity contribution in [1.82, 2.24) is 4.90 Å². The van der Waals surface area contributed by atoms with Gasteiger partial charge in [-0.3, -0.25) is 0 Å². The van der Waals surface area contributed by atoms with Crippen LogP contribution in [-0.4, -0.2) is 30.3 Å². The van der Waals surface area contributed by atoms with E-state index in [1.807, 2.05) is 0 Å². The molecule has 0 radical (unpaired) electrons. The molecule has 0 N–H and O–H groups in total. The Morgan fingerprint density at radius 2 is 2.07 bits per heavy atom. The van der Waals surface area contributed by atoms with Crippen LogP contribution in [0.3, 0.4) is 0 Å². The number of hydrogen-bond acceptors (Lipinski definition) is 2. The Morgan fingerprint density at radius 3 is 2.71 bits per heavy atom. The van der Waals surface area contributed by atoms with Gasteiger partial charge in [0.1, 0.15) is 0 Å². The van der Waals surface area contributed by atoms with E-state index in [0.29, 0.717) is 5.41 Å². The Bertz CT molecular complexity index is 189. The molecule has 1 nitrogen and oxygen atoms in total. The summed E-state index contributed by atoms with van der Waals surface area (Å²) in [7, 11) is 0. The molecule has 2 heteroatoms. The van der Waals surface area contributed by atoms with E-state index in [1.165, 1.54) is 51.7 Å². The van der Waals surface area contributed by atoms with Crippen LogP contribution in [0.1, 0.15) is 39.0 Å². The van der Waals surface area contributed by atoms with Crippen molar-refractivity contribution in [1.29, 1.82) is 0 Å². The van der Waals surface area contributed by atoms with E-state index in [0.717, 1.165) is 11.7 Å². The van der Waals surface area contributed by atoms with Crippen molar-refractivity contribution in [2.24, 2.45) is 11.3 Å². The highest BCUT2D eigenvalue weighted by Gasteiger charge is 2.42. The Morgan fingerprint density at radius 1 is 1.29 bits per heavy atom. The highest BCUT2D eigenvalue weighted by atomic mass is 32.1. The summed E-state index contributed by atoms with van der Waals surface area (Å²) < 4.78 is 0. The molecule has 0 aromatic carbocycles. The van der Waals surface area contributed by atoms with Crippen molar-refractivity contribution >= 4 is 12.6 Å². The minimum Gasteiger partial charge on any atom is -0.303 e. The maximum atomic E-state index is 4.48. The molecular formula is C12H23NS. The third kappa shape index (κ3) is 2.66. The summed E-state index contributed by atoms with van der Waals surface area (Å²) in [6.07, 6.45) is 7.09. The Hall–Kier alpha value is 0.310. The molecule has 82 valence electrons. The summed E-state index contributed by atoms with van der Waals surface area (Å²) in [5.41, 5.74) is 0.622. The number of thiol groups is 1. The SMILES string of the molecule is CC1CCCN(CC2(CS)CC2)CC1. The highest BCUT2D eigenvalue weighted by Crippen LogP contribution is 2.47. The van der Waals surface area contributed by atoms with Gasteiger partial charge in [-0.05, 0) is 62.3 Å². The summed E-state index contributed by atoms with van der Waals surface area (Å²) in [5.74, 6) is 2.05. The fourth-order valence-corrected chi connectivity index (χ4v) is 2.91. The molecule has 1 saturated carbocycles. The van der Waals surface area contributed by atoms with E-state index in [2.05, 4.69) is 24.5 Å².